The van der Waals surface area contributed by atoms with E-state index in [0.29, 0.717) is 22.3 Å². The number of thiazole rings is 1. The van der Waals surface area contributed by atoms with Crippen LogP contribution in [0.3, 0.4) is 0 Å². The minimum Gasteiger partial charge on any atom is -0.482 e. The predicted octanol–water partition coefficient (Wildman–Crippen LogP) is 3.70. The molecule has 0 radical (unpaired) electrons. The Morgan fingerprint density at radius 3 is 2.79 bits per heavy atom. The van der Waals surface area contributed by atoms with Crippen LogP contribution in [0.15, 0.2) is 42.5 Å². The second-order valence-electron chi connectivity index (χ2n) is 6.76. The third-order valence-corrected chi connectivity index (χ3v) is 6.74. The molecule has 2 aromatic carbocycles. The monoisotopic (exact) mass is 429 g/mol. The maximum atomic E-state index is 12.6. The molecule has 2 heterocycles. The first-order valence-electron chi connectivity index (χ1n) is 8.90. The summed E-state index contributed by atoms with van der Waals surface area (Å²) in [6.45, 7) is 3.75. The van der Waals surface area contributed by atoms with Crippen LogP contribution in [0.4, 0.5) is 10.8 Å². The molecule has 0 fully saturated rings. The van der Waals surface area contributed by atoms with Gasteiger partial charge in [-0.05, 0) is 43.2 Å². The number of carbonyl (C=O) groups excluding carboxylic acids is 1. The van der Waals surface area contributed by atoms with Crippen molar-refractivity contribution in [2.24, 2.45) is 0 Å². The third-order valence-electron chi connectivity index (χ3n) is 4.53. The fraction of sp³-hybridized carbons (Fsp3) is 0.200. The minimum absolute atomic E-state index is 0.00507. The van der Waals surface area contributed by atoms with Crippen LogP contribution < -0.4 is 14.8 Å². The van der Waals surface area contributed by atoms with Crippen molar-refractivity contribution in [2.45, 2.75) is 19.6 Å². The normalized spacial score (nSPS) is 13.4. The van der Waals surface area contributed by atoms with E-state index in [-0.39, 0.29) is 18.3 Å². The smallest absolute Gasteiger partial charge is 0.262 e. The van der Waals surface area contributed by atoms with Gasteiger partial charge in [-0.1, -0.05) is 24.3 Å². The van der Waals surface area contributed by atoms with Crippen LogP contribution in [0.2, 0.25) is 0 Å². The molecule has 0 aliphatic carbocycles. The number of nitrogens with one attached hydrogen (secondary N) is 2. The van der Waals surface area contributed by atoms with Gasteiger partial charge < -0.3 is 10.1 Å². The zero-order chi connectivity index (χ0) is 20.6. The summed E-state index contributed by atoms with van der Waals surface area (Å²) in [5.74, 6) is 0.269. The van der Waals surface area contributed by atoms with Gasteiger partial charge in [0.15, 0.2) is 11.7 Å². The topological polar surface area (TPSA) is 97.4 Å². The van der Waals surface area contributed by atoms with E-state index < -0.39 is 10.0 Å². The van der Waals surface area contributed by atoms with Gasteiger partial charge in [0.2, 0.25) is 10.0 Å². The molecule has 0 unspecified atom stereocenters. The van der Waals surface area contributed by atoms with Crippen molar-refractivity contribution in [3.63, 3.8) is 0 Å². The molecule has 4 rings (SSSR count). The number of hydrogen-bond acceptors (Lipinski definition) is 6. The lowest BCUT2D eigenvalue weighted by molar-refractivity contribution is -0.118. The number of carbonyl (C=O) groups is 1. The fourth-order valence-corrected chi connectivity index (χ4v) is 5.44. The zero-order valence-electron chi connectivity index (χ0n) is 15.9. The third kappa shape index (κ3) is 4.25. The Morgan fingerprint density at radius 2 is 2.00 bits per heavy atom. The van der Waals surface area contributed by atoms with Gasteiger partial charge in [0.1, 0.15) is 5.75 Å². The maximum Gasteiger partial charge on any atom is 0.262 e. The number of rotatable bonds is 5. The molecule has 7 nitrogen and oxygen atoms in total. The van der Waals surface area contributed by atoms with Crippen molar-refractivity contribution in [1.82, 2.24) is 4.98 Å². The van der Waals surface area contributed by atoms with Crippen molar-refractivity contribution in [2.75, 3.05) is 16.6 Å². The lowest BCUT2D eigenvalue weighted by Crippen LogP contribution is -2.25. The number of hydrogen-bond donors (Lipinski definition) is 2. The van der Waals surface area contributed by atoms with Crippen molar-refractivity contribution in [1.29, 1.82) is 0 Å². The Balaban J connectivity index is 1.58. The average Bonchev–Trinajstić information content (AvgIpc) is 3.02. The molecule has 29 heavy (non-hydrogen) atoms. The Kier molecular flexibility index (Phi) is 5.01. The summed E-state index contributed by atoms with van der Waals surface area (Å²) < 4.78 is 33.1. The molecule has 1 aliphatic rings. The second-order valence-corrected chi connectivity index (χ2v) is 9.68. The van der Waals surface area contributed by atoms with Crippen LogP contribution in [0.1, 0.15) is 16.0 Å². The molecule has 0 saturated carbocycles. The minimum atomic E-state index is -3.60. The van der Waals surface area contributed by atoms with E-state index in [1.807, 2.05) is 38.1 Å². The largest absolute Gasteiger partial charge is 0.482 e. The molecule has 0 saturated heterocycles. The number of fused-ring (bicyclic) bond motifs is 1. The molecule has 0 atom stereocenters. The SMILES string of the molecule is Cc1ccccc1CS(=O)(=O)Nc1nc(-c2ccc3c(c2)NC(=O)CO3)c(C)s1. The number of amides is 1. The van der Waals surface area contributed by atoms with E-state index in [9.17, 15) is 13.2 Å². The highest BCUT2D eigenvalue weighted by Gasteiger charge is 2.20. The molecule has 0 spiro atoms. The molecule has 1 amide bonds. The number of benzene rings is 2. The van der Waals surface area contributed by atoms with E-state index >= 15 is 0 Å². The Labute approximate surface area is 172 Å². The number of sulfonamides is 1. The van der Waals surface area contributed by atoms with E-state index in [2.05, 4.69) is 15.0 Å². The average molecular weight is 430 g/mol. The van der Waals surface area contributed by atoms with E-state index in [1.165, 1.54) is 11.3 Å². The van der Waals surface area contributed by atoms with Crippen LogP contribution in [0.25, 0.3) is 11.3 Å². The number of aryl methyl sites for hydroxylation is 2. The molecule has 1 aliphatic heterocycles. The quantitative estimate of drug-likeness (QED) is 0.645. The summed E-state index contributed by atoms with van der Waals surface area (Å²) in [6, 6.07) is 12.8. The van der Waals surface area contributed by atoms with Gasteiger partial charge >= 0.3 is 0 Å². The summed E-state index contributed by atoms with van der Waals surface area (Å²) in [7, 11) is -3.60. The molecule has 2 N–H and O–H groups in total. The summed E-state index contributed by atoms with van der Waals surface area (Å²) in [6.07, 6.45) is 0. The maximum absolute atomic E-state index is 12.6. The van der Waals surface area contributed by atoms with Crippen molar-refractivity contribution >= 4 is 38.1 Å². The van der Waals surface area contributed by atoms with Gasteiger partial charge in [0, 0.05) is 10.4 Å². The molecular formula is C20H19N3O4S2. The zero-order valence-corrected chi connectivity index (χ0v) is 17.5. The van der Waals surface area contributed by atoms with Crippen molar-refractivity contribution in [3.05, 3.63) is 58.5 Å². The molecule has 150 valence electrons. The number of nitrogens with zero attached hydrogens (tertiary/aromatic N) is 1. The van der Waals surface area contributed by atoms with Crippen molar-refractivity contribution in [3.8, 4) is 17.0 Å². The standard InChI is InChI=1S/C20H19N3O4S2/c1-12-5-3-4-6-15(12)11-29(25,26)23-20-22-19(13(2)28-20)14-7-8-17-16(9-14)21-18(24)10-27-17/h3-9H,10-11H2,1-2H3,(H,21,24)(H,22,23). The van der Waals surface area contributed by atoms with Gasteiger partial charge in [-0.15, -0.1) is 11.3 Å². The first-order chi connectivity index (χ1) is 13.8. The Bertz CT molecular complexity index is 1200. The van der Waals surface area contributed by atoms with E-state index in [0.717, 1.165) is 21.6 Å². The molecule has 0 bridgehead atoms. The lowest BCUT2D eigenvalue weighted by Gasteiger charge is -2.18. The summed E-state index contributed by atoms with van der Waals surface area (Å²) in [5, 5.41) is 3.08. The first-order valence-corrected chi connectivity index (χ1v) is 11.4. The van der Waals surface area contributed by atoms with E-state index in [4.69, 9.17) is 4.74 Å². The summed E-state index contributed by atoms with van der Waals surface area (Å²) in [4.78, 5) is 16.9. The number of ether oxygens (including phenoxy) is 1. The highest BCUT2D eigenvalue weighted by atomic mass is 32.2. The van der Waals surface area contributed by atoms with Gasteiger partial charge in [0.25, 0.3) is 5.91 Å². The molecule has 1 aromatic heterocycles. The highest BCUT2D eigenvalue weighted by molar-refractivity contribution is 7.92. The van der Waals surface area contributed by atoms with Crippen LogP contribution in [0.5, 0.6) is 5.75 Å². The highest BCUT2D eigenvalue weighted by Crippen LogP contribution is 2.36. The predicted molar refractivity (Wildman–Crippen MR) is 114 cm³/mol. The molecule has 9 heteroatoms. The number of anilines is 2. The van der Waals surface area contributed by atoms with Gasteiger partial charge in [0.05, 0.1) is 17.1 Å². The summed E-state index contributed by atoms with van der Waals surface area (Å²) in [5.41, 5.74) is 3.68. The van der Waals surface area contributed by atoms with Crippen LogP contribution >= 0.6 is 11.3 Å². The van der Waals surface area contributed by atoms with Gasteiger partial charge in [-0.25, -0.2) is 13.4 Å². The number of aromatic nitrogens is 1. The van der Waals surface area contributed by atoms with Gasteiger partial charge in [-0.3, -0.25) is 9.52 Å². The van der Waals surface area contributed by atoms with E-state index in [1.54, 1.807) is 18.2 Å². The second kappa shape index (κ2) is 7.49. The molecule has 3 aromatic rings. The van der Waals surface area contributed by atoms with Crippen LogP contribution in [-0.4, -0.2) is 25.9 Å². The van der Waals surface area contributed by atoms with Gasteiger partial charge in [-0.2, -0.15) is 0 Å². The van der Waals surface area contributed by atoms with Crippen LogP contribution in [0, 0.1) is 13.8 Å². The Morgan fingerprint density at radius 1 is 1.21 bits per heavy atom. The first kappa shape index (κ1) is 19.4. The fourth-order valence-electron chi connectivity index (χ4n) is 3.08. The van der Waals surface area contributed by atoms with Crippen LogP contribution in [-0.2, 0) is 20.6 Å². The Hall–Kier alpha value is -2.91. The summed E-state index contributed by atoms with van der Waals surface area (Å²) >= 11 is 1.27. The lowest BCUT2D eigenvalue weighted by atomic mass is 10.1. The molecular weight excluding hydrogens is 410 g/mol. The van der Waals surface area contributed by atoms with Crippen molar-refractivity contribution < 1.29 is 17.9 Å².